The van der Waals surface area contributed by atoms with Gasteiger partial charge in [-0.05, 0) is 29.5 Å². The Morgan fingerprint density at radius 2 is 2.04 bits per heavy atom. The highest BCUT2D eigenvalue weighted by Crippen LogP contribution is 2.23. The molecule has 0 aliphatic carbocycles. The predicted molar refractivity (Wildman–Crippen MR) is 96.3 cm³/mol. The van der Waals surface area contributed by atoms with Gasteiger partial charge in [-0.1, -0.05) is 24.3 Å². The lowest BCUT2D eigenvalue weighted by atomic mass is 10.1. The van der Waals surface area contributed by atoms with Crippen molar-refractivity contribution in [1.29, 1.82) is 0 Å². The predicted octanol–water partition coefficient (Wildman–Crippen LogP) is 2.60. The van der Waals surface area contributed by atoms with E-state index in [9.17, 15) is 13.2 Å². The second kappa shape index (κ2) is 7.30. The maximum Gasteiger partial charge on any atom is 0.349 e. The molecular formula is C17H16N2O4S2. The molecule has 1 N–H and O–H groups in total. The molecule has 8 heteroatoms. The summed E-state index contributed by atoms with van der Waals surface area (Å²) in [5.41, 5.74) is 1.81. The van der Waals surface area contributed by atoms with Gasteiger partial charge in [-0.25, -0.2) is 17.9 Å². The molecule has 1 aromatic carbocycles. The van der Waals surface area contributed by atoms with E-state index in [1.165, 1.54) is 13.2 Å². The van der Waals surface area contributed by atoms with Crippen molar-refractivity contribution in [2.75, 3.05) is 13.7 Å². The Kier molecular flexibility index (Phi) is 5.12. The van der Waals surface area contributed by atoms with Crippen molar-refractivity contribution in [3.8, 4) is 0 Å². The fraction of sp³-hybridized carbons (Fsp3) is 0.176. The molecule has 0 fully saturated rings. The van der Waals surface area contributed by atoms with E-state index in [0.717, 1.165) is 27.8 Å². The highest BCUT2D eigenvalue weighted by atomic mass is 32.2. The zero-order valence-corrected chi connectivity index (χ0v) is 15.1. The summed E-state index contributed by atoms with van der Waals surface area (Å²) in [4.78, 5) is 16.0. The van der Waals surface area contributed by atoms with Gasteiger partial charge in [0.05, 0.1) is 12.6 Å². The molecule has 3 rings (SSSR count). The molecule has 0 saturated heterocycles. The van der Waals surface area contributed by atoms with Crippen LogP contribution in [-0.2, 0) is 21.2 Å². The van der Waals surface area contributed by atoms with Gasteiger partial charge in [0, 0.05) is 18.1 Å². The highest BCUT2D eigenvalue weighted by Gasteiger charge is 2.24. The molecule has 0 aliphatic heterocycles. The summed E-state index contributed by atoms with van der Waals surface area (Å²) in [6, 6.07) is 11.0. The Bertz CT molecular complexity index is 1010. The Morgan fingerprint density at radius 3 is 2.84 bits per heavy atom. The van der Waals surface area contributed by atoms with E-state index in [4.69, 9.17) is 0 Å². The fourth-order valence-electron chi connectivity index (χ4n) is 2.52. The molecule has 130 valence electrons. The second-order valence-corrected chi connectivity index (χ2v) is 7.90. The number of para-hydroxylation sites is 1. The maximum absolute atomic E-state index is 12.5. The third kappa shape index (κ3) is 3.71. The van der Waals surface area contributed by atoms with Gasteiger partial charge in [0.2, 0.25) is 10.0 Å². The number of sulfonamides is 1. The quantitative estimate of drug-likeness (QED) is 0.669. The van der Waals surface area contributed by atoms with Crippen molar-refractivity contribution in [1.82, 2.24) is 9.71 Å². The number of carbonyl (C=O) groups excluding carboxylic acids is 1. The van der Waals surface area contributed by atoms with Crippen LogP contribution < -0.4 is 4.72 Å². The van der Waals surface area contributed by atoms with Crippen LogP contribution in [0.4, 0.5) is 0 Å². The van der Waals surface area contributed by atoms with Crippen molar-refractivity contribution in [2.45, 2.75) is 11.3 Å². The molecule has 2 aromatic heterocycles. The van der Waals surface area contributed by atoms with E-state index in [0.29, 0.717) is 6.42 Å². The summed E-state index contributed by atoms with van der Waals surface area (Å²) in [5, 5.41) is 2.56. The normalized spacial score (nSPS) is 11.6. The molecule has 3 aromatic rings. The number of ether oxygens (including phenoxy) is 1. The van der Waals surface area contributed by atoms with Crippen LogP contribution in [0.25, 0.3) is 10.9 Å². The number of aromatic nitrogens is 1. The first kappa shape index (κ1) is 17.5. The molecule has 6 nitrogen and oxygen atoms in total. The van der Waals surface area contributed by atoms with E-state index in [2.05, 4.69) is 14.4 Å². The molecule has 0 unspecified atom stereocenters. The number of pyridine rings is 1. The zero-order chi connectivity index (χ0) is 17.9. The number of rotatable bonds is 6. The number of thiophene rings is 1. The van der Waals surface area contributed by atoms with E-state index in [1.807, 2.05) is 30.3 Å². The molecule has 0 spiro atoms. The van der Waals surface area contributed by atoms with Crippen molar-refractivity contribution in [2.24, 2.45) is 0 Å². The van der Waals surface area contributed by atoms with E-state index >= 15 is 0 Å². The second-order valence-electron chi connectivity index (χ2n) is 5.25. The van der Waals surface area contributed by atoms with E-state index < -0.39 is 16.0 Å². The van der Waals surface area contributed by atoms with Crippen molar-refractivity contribution in [3.05, 3.63) is 58.4 Å². The van der Waals surface area contributed by atoms with Crippen LogP contribution in [-0.4, -0.2) is 33.0 Å². The Balaban J connectivity index is 1.75. The Hall–Kier alpha value is -2.29. The molecule has 0 aliphatic rings. The SMILES string of the molecule is COC(=O)c1sccc1S(=O)(=O)NCCc1cccc2cccnc12. The zero-order valence-electron chi connectivity index (χ0n) is 13.4. The summed E-state index contributed by atoms with van der Waals surface area (Å²) in [6.07, 6.45) is 2.20. The third-order valence-electron chi connectivity index (χ3n) is 3.69. The van der Waals surface area contributed by atoms with Gasteiger partial charge >= 0.3 is 5.97 Å². The lowest BCUT2D eigenvalue weighted by molar-refractivity contribution is 0.0602. The van der Waals surface area contributed by atoms with Crippen LogP contribution >= 0.6 is 11.3 Å². The standard InChI is InChI=1S/C17H16N2O4S2/c1-23-17(20)16-14(8-11-24-16)25(21,22)19-10-7-13-5-2-4-12-6-3-9-18-15(12)13/h2-6,8-9,11,19H,7,10H2,1H3. The minimum atomic E-state index is -3.79. The molecule has 2 heterocycles. The molecule has 0 radical (unpaired) electrons. The number of nitrogens with zero attached hydrogens (tertiary/aromatic N) is 1. The van der Waals surface area contributed by atoms with Gasteiger partial charge in [-0.3, -0.25) is 4.98 Å². The van der Waals surface area contributed by atoms with Gasteiger partial charge in [-0.2, -0.15) is 0 Å². The molecule has 25 heavy (non-hydrogen) atoms. The number of methoxy groups -OCH3 is 1. The molecule has 0 saturated carbocycles. The highest BCUT2D eigenvalue weighted by molar-refractivity contribution is 7.89. The van der Waals surface area contributed by atoms with Crippen LogP contribution in [0.2, 0.25) is 0 Å². The number of benzene rings is 1. The van der Waals surface area contributed by atoms with Crippen molar-refractivity contribution in [3.63, 3.8) is 0 Å². The minimum Gasteiger partial charge on any atom is -0.465 e. The number of esters is 1. The third-order valence-corrected chi connectivity index (χ3v) is 6.22. The first-order valence-corrected chi connectivity index (χ1v) is 9.87. The van der Waals surface area contributed by atoms with Gasteiger partial charge < -0.3 is 4.74 Å². The van der Waals surface area contributed by atoms with Crippen LogP contribution in [0.3, 0.4) is 0 Å². The fourth-order valence-corrected chi connectivity index (χ4v) is 4.88. The topological polar surface area (TPSA) is 85.4 Å². The lowest BCUT2D eigenvalue weighted by Gasteiger charge is -2.08. The number of carbonyl (C=O) groups is 1. The number of hydrogen-bond donors (Lipinski definition) is 1. The number of fused-ring (bicyclic) bond motifs is 1. The van der Waals surface area contributed by atoms with Gasteiger partial charge in [-0.15, -0.1) is 11.3 Å². The maximum atomic E-state index is 12.5. The van der Waals surface area contributed by atoms with Crippen LogP contribution in [0.5, 0.6) is 0 Å². The summed E-state index contributed by atoms with van der Waals surface area (Å²) < 4.78 is 32.1. The first-order valence-electron chi connectivity index (χ1n) is 7.51. The van der Waals surface area contributed by atoms with Crippen LogP contribution in [0, 0.1) is 0 Å². The van der Waals surface area contributed by atoms with Crippen molar-refractivity contribution >= 4 is 38.2 Å². The average molecular weight is 376 g/mol. The largest absolute Gasteiger partial charge is 0.465 e. The summed E-state index contributed by atoms with van der Waals surface area (Å²) >= 11 is 1.04. The molecule has 0 atom stereocenters. The summed E-state index contributed by atoms with van der Waals surface area (Å²) in [5.74, 6) is -0.659. The Morgan fingerprint density at radius 1 is 1.24 bits per heavy atom. The summed E-state index contributed by atoms with van der Waals surface area (Å²) in [7, 11) is -2.57. The smallest absolute Gasteiger partial charge is 0.349 e. The number of hydrogen-bond acceptors (Lipinski definition) is 6. The first-order chi connectivity index (χ1) is 12.0. The Labute approximate surface area is 149 Å². The van der Waals surface area contributed by atoms with Crippen LogP contribution in [0.1, 0.15) is 15.2 Å². The molecule has 0 bridgehead atoms. The average Bonchev–Trinajstić information content (AvgIpc) is 3.12. The van der Waals surface area contributed by atoms with E-state index in [-0.39, 0.29) is 16.3 Å². The molecule has 0 amide bonds. The number of nitrogens with one attached hydrogen (secondary N) is 1. The van der Waals surface area contributed by atoms with Crippen LogP contribution in [0.15, 0.2) is 52.9 Å². The monoisotopic (exact) mass is 376 g/mol. The summed E-state index contributed by atoms with van der Waals surface area (Å²) in [6.45, 7) is 0.203. The minimum absolute atomic E-state index is 0.0552. The van der Waals surface area contributed by atoms with Gasteiger partial charge in [0.15, 0.2) is 0 Å². The lowest BCUT2D eigenvalue weighted by Crippen LogP contribution is -2.27. The molecular weight excluding hydrogens is 360 g/mol. The van der Waals surface area contributed by atoms with Gasteiger partial charge in [0.25, 0.3) is 0 Å². The van der Waals surface area contributed by atoms with E-state index in [1.54, 1.807) is 11.6 Å². The van der Waals surface area contributed by atoms with Gasteiger partial charge in [0.1, 0.15) is 9.77 Å². The van der Waals surface area contributed by atoms with Crippen molar-refractivity contribution < 1.29 is 17.9 Å².